The van der Waals surface area contributed by atoms with E-state index in [-0.39, 0.29) is 12.0 Å². The van der Waals surface area contributed by atoms with Crippen LogP contribution in [0.1, 0.15) is 28.8 Å². The molecule has 1 amide bonds. The summed E-state index contributed by atoms with van der Waals surface area (Å²) in [6.45, 7) is 2.19. The summed E-state index contributed by atoms with van der Waals surface area (Å²) in [6.07, 6.45) is 6.50. The van der Waals surface area contributed by atoms with Gasteiger partial charge >= 0.3 is 0 Å². The molecule has 5 nitrogen and oxygen atoms in total. The third-order valence-electron chi connectivity index (χ3n) is 4.19. The molecule has 0 unspecified atom stereocenters. The summed E-state index contributed by atoms with van der Waals surface area (Å²) in [7, 11) is 1.82. The number of ether oxygens (including phenoxy) is 1. The molecule has 1 aliphatic heterocycles. The van der Waals surface area contributed by atoms with Gasteiger partial charge in [0.15, 0.2) is 0 Å². The molecule has 2 heterocycles. The number of aryl methyl sites for hydroxylation is 2. The second kappa shape index (κ2) is 7.42. The Morgan fingerprint density at radius 2 is 2.17 bits per heavy atom. The lowest BCUT2D eigenvalue weighted by atomic mass is 10.1. The third-order valence-corrected chi connectivity index (χ3v) is 4.19. The van der Waals surface area contributed by atoms with Crippen molar-refractivity contribution in [1.29, 1.82) is 0 Å². The van der Waals surface area contributed by atoms with E-state index in [1.165, 1.54) is 5.56 Å². The molecule has 1 atom stereocenters. The average Bonchev–Trinajstić information content (AvgIpc) is 3.21. The molecule has 0 bridgehead atoms. The minimum absolute atomic E-state index is 0.0495. The SMILES string of the molecule is Cn1cc(C(=O)N2CC[C@H](OCCCc3ccccc3)C2)cn1. The van der Waals surface area contributed by atoms with Crippen LogP contribution in [0.15, 0.2) is 42.7 Å². The third kappa shape index (κ3) is 4.20. The minimum atomic E-state index is 0.0495. The van der Waals surface area contributed by atoms with Gasteiger partial charge in [-0.1, -0.05) is 30.3 Å². The number of rotatable bonds is 6. The number of aromatic nitrogens is 2. The van der Waals surface area contributed by atoms with Gasteiger partial charge in [0, 0.05) is 32.9 Å². The molecule has 2 aromatic rings. The van der Waals surface area contributed by atoms with Crippen LogP contribution in [0.5, 0.6) is 0 Å². The van der Waals surface area contributed by atoms with Crippen molar-refractivity contribution in [2.45, 2.75) is 25.4 Å². The Bertz CT molecular complexity index is 639. The largest absolute Gasteiger partial charge is 0.376 e. The summed E-state index contributed by atoms with van der Waals surface area (Å²) in [5.74, 6) is 0.0495. The Morgan fingerprint density at radius 3 is 2.91 bits per heavy atom. The molecule has 0 spiro atoms. The van der Waals surface area contributed by atoms with Crippen molar-refractivity contribution >= 4 is 5.91 Å². The van der Waals surface area contributed by atoms with E-state index >= 15 is 0 Å². The highest BCUT2D eigenvalue weighted by molar-refractivity contribution is 5.93. The molecule has 1 aromatic heterocycles. The smallest absolute Gasteiger partial charge is 0.257 e. The maximum absolute atomic E-state index is 12.3. The van der Waals surface area contributed by atoms with Crippen LogP contribution in [0.2, 0.25) is 0 Å². The maximum Gasteiger partial charge on any atom is 0.257 e. The maximum atomic E-state index is 12.3. The van der Waals surface area contributed by atoms with E-state index in [4.69, 9.17) is 4.74 Å². The predicted molar refractivity (Wildman–Crippen MR) is 88.2 cm³/mol. The van der Waals surface area contributed by atoms with Gasteiger partial charge < -0.3 is 9.64 Å². The van der Waals surface area contributed by atoms with Gasteiger partial charge in [-0.15, -0.1) is 0 Å². The van der Waals surface area contributed by atoms with Crippen molar-refractivity contribution in [3.05, 3.63) is 53.9 Å². The molecule has 1 fully saturated rings. The fourth-order valence-corrected chi connectivity index (χ4v) is 2.93. The van der Waals surface area contributed by atoms with Crippen LogP contribution in [-0.4, -0.2) is 46.4 Å². The quantitative estimate of drug-likeness (QED) is 0.769. The Balaban J connectivity index is 1.39. The molecule has 1 saturated heterocycles. The number of nitrogens with zero attached hydrogens (tertiary/aromatic N) is 3. The van der Waals surface area contributed by atoms with Gasteiger partial charge in [-0.05, 0) is 24.8 Å². The number of benzene rings is 1. The van der Waals surface area contributed by atoms with Gasteiger partial charge in [0.2, 0.25) is 0 Å². The molecular formula is C18H23N3O2. The zero-order chi connectivity index (χ0) is 16.1. The van der Waals surface area contributed by atoms with Gasteiger partial charge in [-0.25, -0.2) is 0 Å². The molecular weight excluding hydrogens is 290 g/mol. The molecule has 3 rings (SSSR count). The Kier molecular flexibility index (Phi) is 5.08. The van der Waals surface area contributed by atoms with Crippen LogP contribution in [0.3, 0.4) is 0 Å². The van der Waals surface area contributed by atoms with E-state index in [1.54, 1.807) is 17.1 Å². The highest BCUT2D eigenvalue weighted by atomic mass is 16.5. The van der Waals surface area contributed by atoms with Crippen molar-refractivity contribution in [3.63, 3.8) is 0 Å². The summed E-state index contributed by atoms with van der Waals surface area (Å²) in [6, 6.07) is 10.4. The second-order valence-electron chi connectivity index (χ2n) is 6.02. The molecule has 122 valence electrons. The molecule has 0 saturated carbocycles. The summed E-state index contributed by atoms with van der Waals surface area (Å²) < 4.78 is 7.59. The van der Waals surface area contributed by atoms with E-state index in [1.807, 2.05) is 18.0 Å². The normalized spacial score (nSPS) is 17.6. The molecule has 0 radical (unpaired) electrons. The first-order valence-electron chi connectivity index (χ1n) is 8.16. The number of hydrogen-bond acceptors (Lipinski definition) is 3. The Labute approximate surface area is 136 Å². The number of likely N-dealkylation sites (tertiary alicyclic amines) is 1. The lowest BCUT2D eigenvalue weighted by Gasteiger charge is -2.16. The minimum Gasteiger partial charge on any atom is -0.376 e. The zero-order valence-electron chi connectivity index (χ0n) is 13.5. The molecule has 0 N–H and O–H groups in total. The van der Waals surface area contributed by atoms with Crippen molar-refractivity contribution in [2.75, 3.05) is 19.7 Å². The fourth-order valence-electron chi connectivity index (χ4n) is 2.93. The lowest BCUT2D eigenvalue weighted by Crippen LogP contribution is -2.30. The zero-order valence-corrected chi connectivity index (χ0v) is 13.5. The van der Waals surface area contributed by atoms with Gasteiger partial charge in [0.1, 0.15) is 0 Å². The van der Waals surface area contributed by atoms with Gasteiger partial charge in [-0.2, -0.15) is 5.10 Å². The fraction of sp³-hybridized carbons (Fsp3) is 0.444. The van der Waals surface area contributed by atoms with Crippen LogP contribution in [0.4, 0.5) is 0 Å². The highest BCUT2D eigenvalue weighted by Gasteiger charge is 2.27. The lowest BCUT2D eigenvalue weighted by molar-refractivity contribution is 0.0525. The molecule has 23 heavy (non-hydrogen) atoms. The van der Waals surface area contributed by atoms with Crippen LogP contribution in [0, 0.1) is 0 Å². The predicted octanol–water partition coefficient (Wildman–Crippen LogP) is 2.28. The van der Waals surface area contributed by atoms with Crippen LogP contribution >= 0.6 is 0 Å². The molecule has 5 heteroatoms. The molecule has 0 aliphatic carbocycles. The van der Waals surface area contributed by atoms with Gasteiger partial charge in [-0.3, -0.25) is 9.48 Å². The van der Waals surface area contributed by atoms with Gasteiger partial charge in [0.05, 0.1) is 17.9 Å². The van der Waals surface area contributed by atoms with Crippen LogP contribution in [0.25, 0.3) is 0 Å². The Morgan fingerprint density at radius 1 is 1.35 bits per heavy atom. The summed E-state index contributed by atoms with van der Waals surface area (Å²) in [4.78, 5) is 14.2. The Hall–Kier alpha value is -2.14. The van der Waals surface area contributed by atoms with E-state index in [0.717, 1.165) is 32.4 Å². The van der Waals surface area contributed by atoms with E-state index in [0.29, 0.717) is 12.1 Å². The number of amides is 1. The summed E-state index contributed by atoms with van der Waals surface area (Å²) in [5, 5.41) is 4.06. The van der Waals surface area contributed by atoms with E-state index in [9.17, 15) is 4.79 Å². The first-order valence-corrected chi connectivity index (χ1v) is 8.16. The first kappa shape index (κ1) is 15.7. The first-order chi connectivity index (χ1) is 11.2. The topological polar surface area (TPSA) is 47.4 Å². The summed E-state index contributed by atoms with van der Waals surface area (Å²) >= 11 is 0. The number of carbonyl (C=O) groups excluding carboxylic acids is 1. The van der Waals surface area contributed by atoms with Crippen molar-refractivity contribution < 1.29 is 9.53 Å². The molecule has 1 aliphatic rings. The number of hydrogen-bond donors (Lipinski definition) is 0. The van der Waals surface area contributed by atoms with Crippen LogP contribution < -0.4 is 0 Å². The average molecular weight is 313 g/mol. The molecule has 1 aromatic carbocycles. The van der Waals surface area contributed by atoms with E-state index in [2.05, 4.69) is 29.4 Å². The van der Waals surface area contributed by atoms with Gasteiger partial charge in [0.25, 0.3) is 5.91 Å². The van der Waals surface area contributed by atoms with Crippen molar-refractivity contribution in [2.24, 2.45) is 7.05 Å². The number of carbonyl (C=O) groups is 1. The standard InChI is InChI=1S/C18H23N3O2/c1-20-13-16(12-19-20)18(22)21-10-9-17(14-21)23-11-5-8-15-6-3-2-4-7-15/h2-4,6-7,12-13,17H,5,8-11,14H2,1H3/t17-/m0/s1. The van der Waals surface area contributed by atoms with Crippen molar-refractivity contribution in [3.8, 4) is 0 Å². The van der Waals surface area contributed by atoms with E-state index < -0.39 is 0 Å². The monoisotopic (exact) mass is 313 g/mol. The van der Waals surface area contributed by atoms with Crippen LogP contribution in [-0.2, 0) is 18.2 Å². The summed E-state index contributed by atoms with van der Waals surface area (Å²) in [5.41, 5.74) is 1.99. The second-order valence-corrected chi connectivity index (χ2v) is 6.02. The van der Waals surface area contributed by atoms with Crippen molar-refractivity contribution in [1.82, 2.24) is 14.7 Å². The highest BCUT2D eigenvalue weighted by Crippen LogP contribution is 2.16.